The van der Waals surface area contributed by atoms with Crippen LogP contribution in [0.5, 0.6) is 5.75 Å². The number of amides is 1. The molecule has 0 bridgehead atoms. The molecular formula is C23H29N5O3. The third-order valence-corrected chi connectivity index (χ3v) is 5.70. The van der Waals surface area contributed by atoms with Crippen molar-refractivity contribution in [2.75, 3.05) is 19.7 Å². The zero-order valence-electron chi connectivity index (χ0n) is 18.3. The van der Waals surface area contributed by atoms with Crippen molar-refractivity contribution in [3.8, 4) is 17.0 Å². The molecule has 1 aromatic carbocycles. The van der Waals surface area contributed by atoms with E-state index in [-0.39, 0.29) is 12.0 Å². The lowest BCUT2D eigenvalue weighted by atomic mass is 10.1. The van der Waals surface area contributed by atoms with Crippen molar-refractivity contribution in [2.45, 2.75) is 39.4 Å². The second-order valence-corrected chi connectivity index (χ2v) is 7.83. The summed E-state index contributed by atoms with van der Waals surface area (Å²) >= 11 is 0. The van der Waals surface area contributed by atoms with Crippen molar-refractivity contribution < 1.29 is 14.3 Å². The first kappa shape index (κ1) is 21.1. The summed E-state index contributed by atoms with van der Waals surface area (Å²) < 4.78 is 13.6. The standard InChI is InChI=1S/C23H29N5O3/c1-4-30-18-9-7-17(8-10-18)20-12-21(26-25-20)23(29)28-11-5-6-19(14-28)31-15-22-24-13-16(2)27(22)3/h7-10,12-13,19H,4-6,11,14-15H2,1-3H3,(H,25,26). The van der Waals surface area contributed by atoms with E-state index in [1.54, 1.807) is 6.07 Å². The van der Waals surface area contributed by atoms with Gasteiger partial charge in [0.25, 0.3) is 5.91 Å². The number of benzene rings is 1. The maximum atomic E-state index is 13.0. The topological polar surface area (TPSA) is 85.3 Å². The van der Waals surface area contributed by atoms with E-state index < -0.39 is 0 Å². The Bertz CT molecular complexity index is 1020. The van der Waals surface area contributed by atoms with Gasteiger partial charge < -0.3 is 18.9 Å². The highest BCUT2D eigenvalue weighted by molar-refractivity contribution is 5.93. The molecule has 0 spiro atoms. The van der Waals surface area contributed by atoms with Gasteiger partial charge in [-0.3, -0.25) is 9.89 Å². The monoisotopic (exact) mass is 423 g/mol. The number of ether oxygens (including phenoxy) is 2. The highest BCUT2D eigenvalue weighted by atomic mass is 16.5. The van der Waals surface area contributed by atoms with Crippen LogP contribution in [-0.4, -0.2) is 56.4 Å². The lowest BCUT2D eigenvalue weighted by Gasteiger charge is -2.32. The molecule has 1 saturated heterocycles. The number of nitrogens with zero attached hydrogens (tertiary/aromatic N) is 4. The molecule has 1 aliphatic rings. The van der Waals surface area contributed by atoms with Crippen molar-refractivity contribution in [1.29, 1.82) is 0 Å². The number of hydrogen-bond acceptors (Lipinski definition) is 5. The van der Waals surface area contributed by atoms with Gasteiger partial charge in [-0.25, -0.2) is 4.98 Å². The van der Waals surface area contributed by atoms with E-state index in [0.29, 0.717) is 25.5 Å². The number of H-pyrrole nitrogens is 1. The zero-order valence-corrected chi connectivity index (χ0v) is 18.3. The highest BCUT2D eigenvalue weighted by Gasteiger charge is 2.26. The predicted octanol–water partition coefficient (Wildman–Crippen LogP) is 3.34. The van der Waals surface area contributed by atoms with Crippen LogP contribution in [0.25, 0.3) is 11.3 Å². The normalized spacial score (nSPS) is 16.5. The van der Waals surface area contributed by atoms with Crippen molar-refractivity contribution in [1.82, 2.24) is 24.6 Å². The van der Waals surface area contributed by atoms with Gasteiger partial charge in [-0.05, 0) is 57.0 Å². The number of nitrogens with one attached hydrogen (secondary N) is 1. The molecule has 1 amide bonds. The minimum atomic E-state index is -0.0502. The van der Waals surface area contributed by atoms with Crippen LogP contribution in [0.15, 0.2) is 36.5 Å². The number of carbonyl (C=O) groups is 1. The van der Waals surface area contributed by atoms with E-state index in [1.165, 1.54) is 0 Å². The molecular weight excluding hydrogens is 394 g/mol. The average Bonchev–Trinajstić information content (AvgIpc) is 3.40. The molecule has 0 saturated carbocycles. The molecule has 4 rings (SSSR count). The summed E-state index contributed by atoms with van der Waals surface area (Å²) in [5.74, 6) is 1.67. The Morgan fingerprint density at radius 3 is 2.81 bits per heavy atom. The van der Waals surface area contributed by atoms with Crippen LogP contribution in [0.3, 0.4) is 0 Å². The van der Waals surface area contributed by atoms with E-state index in [0.717, 1.165) is 47.9 Å². The molecule has 1 N–H and O–H groups in total. The number of likely N-dealkylation sites (tertiary alicyclic amines) is 1. The molecule has 31 heavy (non-hydrogen) atoms. The maximum absolute atomic E-state index is 13.0. The molecule has 8 heteroatoms. The summed E-state index contributed by atoms with van der Waals surface area (Å²) in [6.45, 7) is 6.33. The summed E-state index contributed by atoms with van der Waals surface area (Å²) in [7, 11) is 1.98. The van der Waals surface area contributed by atoms with Crippen molar-refractivity contribution in [3.63, 3.8) is 0 Å². The lowest BCUT2D eigenvalue weighted by molar-refractivity contribution is -0.00995. The first-order valence-electron chi connectivity index (χ1n) is 10.7. The Morgan fingerprint density at radius 1 is 1.29 bits per heavy atom. The molecule has 1 unspecified atom stereocenters. The molecule has 8 nitrogen and oxygen atoms in total. The van der Waals surface area contributed by atoms with Crippen LogP contribution in [0.1, 0.15) is 41.8 Å². The molecule has 0 aliphatic carbocycles. The van der Waals surface area contributed by atoms with Gasteiger partial charge in [0.2, 0.25) is 0 Å². The minimum absolute atomic E-state index is 0.00297. The van der Waals surface area contributed by atoms with Crippen LogP contribution < -0.4 is 4.74 Å². The molecule has 1 aliphatic heterocycles. The first-order valence-corrected chi connectivity index (χ1v) is 10.7. The van der Waals surface area contributed by atoms with Gasteiger partial charge in [0, 0.05) is 37.6 Å². The first-order chi connectivity index (χ1) is 15.0. The van der Waals surface area contributed by atoms with Crippen LogP contribution in [0, 0.1) is 6.92 Å². The Hall–Kier alpha value is -3.13. The summed E-state index contributed by atoms with van der Waals surface area (Å²) in [5, 5.41) is 7.23. The van der Waals surface area contributed by atoms with E-state index in [2.05, 4.69) is 15.2 Å². The SMILES string of the molecule is CCOc1ccc(-c2cc(C(=O)N3CCCC(OCc4ncc(C)n4C)C3)[nH]n2)cc1. The van der Waals surface area contributed by atoms with Gasteiger partial charge in [-0.15, -0.1) is 0 Å². The van der Waals surface area contributed by atoms with Gasteiger partial charge in [0.1, 0.15) is 23.9 Å². The Balaban J connectivity index is 1.37. The van der Waals surface area contributed by atoms with Crippen molar-refractivity contribution in [2.24, 2.45) is 7.05 Å². The molecule has 3 aromatic rings. The van der Waals surface area contributed by atoms with Crippen molar-refractivity contribution >= 4 is 5.91 Å². The lowest BCUT2D eigenvalue weighted by Crippen LogP contribution is -2.43. The van der Waals surface area contributed by atoms with Gasteiger partial charge in [-0.2, -0.15) is 5.10 Å². The Kier molecular flexibility index (Phi) is 6.36. The largest absolute Gasteiger partial charge is 0.494 e. The predicted molar refractivity (Wildman–Crippen MR) is 117 cm³/mol. The van der Waals surface area contributed by atoms with Crippen LogP contribution in [0.4, 0.5) is 0 Å². The molecule has 164 valence electrons. The van der Waals surface area contributed by atoms with E-state index in [9.17, 15) is 4.79 Å². The van der Waals surface area contributed by atoms with E-state index in [4.69, 9.17) is 9.47 Å². The van der Waals surface area contributed by atoms with Gasteiger partial charge in [-0.1, -0.05) is 0 Å². The minimum Gasteiger partial charge on any atom is -0.494 e. The fourth-order valence-corrected chi connectivity index (χ4v) is 3.77. The van der Waals surface area contributed by atoms with Gasteiger partial charge in [0.05, 0.1) is 18.4 Å². The number of piperidine rings is 1. The second-order valence-electron chi connectivity index (χ2n) is 7.83. The number of rotatable bonds is 7. The number of hydrogen-bond donors (Lipinski definition) is 1. The van der Waals surface area contributed by atoms with Crippen LogP contribution >= 0.6 is 0 Å². The number of imidazole rings is 1. The fourth-order valence-electron chi connectivity index (χ4n) is 3.77. The average molecular weight is 424 g/mol. The van der Waals surface area contributed by atoms with Gasteiger partial charge in [0.15, 0.2) is 0 Å². The van der Waals surface area contributed by atoms with E-state index >= 15 is 0 Å². The van der Waals surface area contributed by atoms with Gasteiger partial charge >= 0.3 is 0 Å². The number of carbonyl (C=O) groups excluding carboxylic acids is 1. The zero-order chi connectivity index (χ0) is 21.8. The highest BCUT2D eigenvalue weighted by Crippen LogP contribution is 2.23. The van der Waals surface area contributed by atoms with E-state index in [1.807, 2.05) is 60.8 Å². The molecule has 1 atom stereocenters. The third-order valence-electron chi connectivity index (χ3n) is 5.70. The number of aryl methyl sites for hydroxylation is 1. The summed E-state index contributed by atoms with van der Waals surface area (Å²) in [5.41, 5.74) is 3.26. The Labute approximate surface area is 182 Å². The van der Waals surface area contributed by atoms with Crippen LogP contribution in [0.2, 0.25) is 0 Å². The molecule has 1 fully saturated rings. The molecule has 3 heterocycles. The Morgan fingerprint density at radius 2 is 2.10 bits per heavy atom. The number of aromatic amines is 1. The number of aromatic nitrogens is 4. The summed E-state index contributed by atoms with van der Waals surface area (Å²) in [4.78, 5) is 19.2. The maximum Gasteiger partial charge on any atom is 0.271 e. The second kappa shape index (κ2) is 9.34. The third kappa shape index (κ3) is 4.80. The fraction of sp³-hybridized carbons (Fsp3) is 0.435. The summed E-state index contributed by atoms with van der Waals surface area (Å²) in [6.07, 6.45) is 3.70. The summed E-state index contributed by atoms with van der Waals surface area (Å²) in [6, 6.07) is 9.51. The van der Waals surface area contributed by atoms with Crippen LogP contribution in [-0.2, 0) is 18.4 Å². The molecule has 2 aromatic heterocycles. The smallest absolute Gasteiger partial charge is 0.271 e. The quantitative estimate of drug-likeness (QED) is 0.630. The van der Waals surface area contributed by atoms with Crippen molar-refractivity contribution in [3.05, 3.63) is 53.7 Å². The molecule has 0 radical (unpaired) electrons.